The highest BCUT2D eigenvalue weighted by Gasteiger charge is 2.06. The van der Waals surface area contributed by atoms with E-state index in [1.54, 1.807) is 12.4 Å². The van der Waals surface area contributed by atoms with E-state index in [4.69, 9.17) is 0 Å². The minimum Gasteiger partial charge on any atom is -0.299 e. The summed E-state index contributed by atoms with van der Waals surface area (Å²) in [5.74, 6) is 0. The van der Waals surface area contributed by atoms with Crippen molar-refractivity contribution in [1.82, 2.24) is 14.5 Å². The van der Waals surface area contributed by atoms with Gasteiger partial charge in [-0.3, -0.25) is 9.55 Å². The van der Waals surface area contributed by atoms with Crippen LogP contribution in [0.1, 0.15) is 0 Å². The van der Waals surface area contributed by atoms with Crippen molar-refractivity contribution in [3.8, 4) is 16.9 Å². The highest BCUT2D eigenvalue weighted by atomic mass is 79.9. The first-order valence-corrected chi connectivity index (χ1v) is 6.32. The Morgan fingerprint density at radius 1 is 0.889 bits per heavy atom. The maximum Gasteiger partial charge on any atom is 0.0997 e. The van der Waals surface area contributed by atoms with Crippen LogP contribution in [0.5, 0.6) is 0 Å². The van der Waals surface area contributed by atoms with Gasteiger partial charge < -0.3 is 0 Å². The van der Waals surface area contributed by atoms with Gasteiger partial charge in [-0.05, 0) is 36.4 Å². The molecule has 0 amide bonds. The largest absolute Gasteiger partial charge is 0.299 e. The smallest absolute Gasteiger partial charge is 0.0997 e. The Bertz CT molecular complexity index is 644. The highest BCUT2D eigenvalue weighted by molar-refractivity contribution is 9.10. The molecular formula is C14H10BrN3. The molecular weight excluding hydrogens is 290 g/mol. The van der Waals surface area contributed by atoms with Crippen LogP contribution in [0.3, 0.4) is 0 Å². The van der Waals surface area contributed by atoms with Crippen LogP contribution in [-0.4, -0.2) is 14.5 Å². The Balaban J connectivity index is 2.10. The van der Waals surface area contributed by atoms with E-state index in [0.717, 1.165) is 21.4 Å². The third-order valence-corrected chi connectivity index (χ3v) is 3.25. The van der Waals surface area contributed by atoms with E-state index in [1.165, 1.54) is 0 Å². The van der Waals surface area contributed by atoms with Gasteiger partial charge in [-0.15, -0.1) is 0 Å². The molecule has 18 heavy (non-hydrogen) atoms. The van der Waals surface area contributed by atoms with Crippen molar-refractivity contribution < 1.29 is 0 Å². The summed E-state index contributed by atoms with van der Waals surface area (Å²) in [6.45, 7) is 0. The van der Waals surface area contributed by atoms with Crippen LogP contribution in [0.2, 0.25) is 0 Å². The van der Waals surface area contributed by atoms with Crippen molar-refractivity contribution in [2.75, 3.05) is 0 Å². The molecule has 4 heteroatoms. The maximum absolute atomic E-state index is 4.23. The fourth-order valence-corrected chi connectivity index (χ4v) is 2.10. The van der Waals surface area contributed by atoms with Crippen LogP contribution < -0.4 is 0 Å². The van der Waals surface area contributed by atoms with Crippen LogP contribution in [0.25, 0.3) is 16.9 Å². The molecule has 0 saturated carbocycles. The second-order valence-corrected chi connectivity index (χ2v) is 4.78. The van der Waals surface area contributed by atoms with Gasteiger partial charge in [-0.2, -0.15) is 0 Å². The van der Waals surface area contributed by atoms with Crippen molar-refractivity contribution in [3.05, 3.63) is 65.8 Å². The summed E-state index contributed by atoms with van der Waals surface area (Å²) in [6, 6.07) is 12.1. The van der Waals surface area contributed by atoms with E-state index in [2.05, 4.69) is 42.6 Å². The van der Waals surface area contributed by atoms with Crippen LogP contribution >= 0.6 is 15.9 Å². The van der Waals surface area contributed by atoms with Gasteiger partial charge in [0, 0.05) is 28.1 Å². The molecule has 88 valence electrons. The number of rotatable bonds is 2. The zero-order chi connectivity index (χ0) is 12.4. The zero-order valence-electron chi connectivity index (χ0n) is 9.49. The van der Waals surface area contributed by atoms with E-state index < -0.39 is 0 Å². The third kappa shape index (κ3) is 2.07. The lowest BCUT2D eigenvalue weighted by Gasteiger charge is -2.08. The maximum atomic E-state index is 4.23. The first-order chi connectivity index (χ1) is 8.84. The Morgan fingerprint density at radius 2 is 1.61 bits per heavy atom. The van der Waals surface area contributed by atoms with E-state index in [0.29, 0.717) is 0 Å². The summed E-state index contributed by atoms with van der Waals surface area (Å²) in [6.07, 6.45) is 7.25. The molecule has 2 aromatic heterocycles. The number of hydrogen-bond donors (Lipinski definition) is 0. The van der Waals surface area contributed by atoms with Crippen molar-refractivity contribution in [1.29, 1.82) is 0 Å². The summed E-state index contributed by atoms with van der Waals surface area (Å²) in [5, 5.41) is 0. The van der Waals surface area contributed by atoms with Crippen LogP contribution in [0, 0.1) is 0 Å². The molecule has 2 heterocycles. The standard InChI is InChI=1S/C14H10BrN3/c15-12-1-3-13(4-2-12)18-10-17-9-14(18)11-5-7-16-8-6-11/h1-10H. The molecule has 1 aromatic carbocycles. The monoisotopic (exact) mass is 299 g/mol. The Labute approximate surface area is 113 Å². The van der Waals surface area contributed by atoms with Crippen LogP contribution in [0.4, 0.5) is 0 Å². The van der Waals surface area contributed by atoms with Gasteiger partial charge in [0.2, 0.25) is 0 Å². The van der Waals surface area contributed by atoms with Gasteiger partial charge in [-0.1, -0.05) is 15.9 Å². The number of benzene rings is 1. The number of imidazole rings is 1. The Morgan fingerprint density at radius 3 is 2.33 bits per heavy atom. The van der Waals surface area contributed by atoms with Gasteiger partial charge in [0.15, 0.2) is 0 Å². The number of halogens is 1. The summed E-state index contributed by atoms with van der Waals surface area (Å²) in [4.78, 5) is 8.26. The summed E-state index contributed by atoms with van der Waals surface area (Å²) in [5.41, 5.74) is 3.24. The topological polar surface area (TPSA) is 30.7 Å². The normalized spacial score (nSPS) is 10.5. The van der Waals surface area contributed by atoms with E-state index in [-0.39, 0.29) is 0 Å². The molecule has 0 fully saturated rings. The molecule has 0 aliphatic rings. The Kier molecular flexibility index (Phi) is 2.94. The number of hydrogen-bond acceptors (Lipinski definition) is 2. The first-order valence-electron chi connectivity index (χ1n) is 5.53. The number of pyridine rings is 1. The van der Waals surface area contributed by atoms with Gasteiger partial charge in [0.1, 0.15) is 0 Å². The molecule has 0 aliphatic heterocycles. The van der Waals surface area contributed by atoms with E-state index in [1.807, 2.05) is 36.8 Å². The minimum atomic E-state index is 1.06. The Hall–Kier alpha value is -1.94. The molecule has 3 rings (SSSR count). The lowest BCUT2D eigenvalue weighted by molar-refractivity contribution is 1.06. The first kappa shape index (κ1) is 11.2. The third-order valence-electron chi connectivity index (χ3n) is 2.72. The quantitative estimate of drug-likeness (QED) is 0.722. The van der Waals surface area contributed by atoms with Crippen molar-refractivity contribution in [2.24, 2.45) is 0 Å². The van der Waals surface area contributed by atoms with Crippen LogP contribution in [-0.2, 0) is 0 Å². The lowest BCUT2D eigenvalue weighted by atomic mass is 10.2. The molecule has 0 bridgehead atoms. The number of nitrogens with zero attached hydrogens (tertiary/aromatic N) is 3. The summed E-state index contributed by atoms with van der Waals surface area (Å²) in [7, 11) is 0. The zero-order valence-corrected chi connectivity index (χ0v) is 11.1. The van der Waals surface area contributed by atoms with E-state index in [9.17, 15) is 0 Å². The number of aromatic nitrogens is 3. The fourth-order valence-electron chi connectivity index (χ4n) is 1.84. The summed E-state index contributed by atoms with van der Waals surface area (Å²) >= 11 is 3.44. The molecule has 0 N–H and O–H groups in total. The van der Waals surface area contributed by atoms with Crippen LogP contribution in [0.15, 0.2) is 65.8 Å². The molecule has 0 radical (unpaired) electrons. The molecule has 3 aromatic rings. The van der Waals surface area contributed by atoms with Crippen molar-refractivity contribution in [3.63, 3.8) is 0 Å². The molecule has 0 spiro atoms. The SMILES string of the molecule is Brc1ccc(-n2cncc2-c2ccncc2)cc1. The van der Waals surface area contributed by atoms with Gasteiger partial charge in [-0.25, -0.2) is 4.98 Å². The predicted octanol–water partition coefficient (Wildman–Crippen LogP) is 3.70. The van der Waals surface area contributed by atoms with Gasteiger partial charge in [0.25, 0.3) is 0 Å². The second kappa shape index (κ2) is 4.74. The molecule has 3 nitrogen and oxygen atoms in total. The molecule has 0 aliphatic carbocycles. The van der Waals surface area contributed by atoms with Crippen molar-refractivity contribution in [2.45, 2.75) is 0 Å². The van der Waals surface area contributed by atoms with Crippen molar-refractivity contribution >= 4 is 15.9 Å². The molecule has 0 atom stereocenters. The van der Waals surface area contributed by atoms with Gasteiger partial charge in [0.05, 0.1) is 18.2 Å². The molecule has 0 unspecified atom stereocenters. The molecule has 0 saturated heterocycles. The minimum absolute atomic E-state index is 1.06. The summed E-state index contributed by atoms with van der Waals surface area (Å²) < 4.78 is 3.12. The average Bonchev–Trinajstić information content (AvgIpc) is 2.90. The second-order valence-electron chi connectivity index (χ2n) is 3.86. The average molecular weight is 300 g/mol. The highest BCUT2D eigenvalue weighted by Crippen LogP contribution is 2.22. The lowest BCUT2D eigenvalue weighted by Crippen LogP contribution is -1.94. The van der Waals surface area contributed by atoms with E-state index >= 15 is 0 Å². The fraction of sp³-hybridized carbons (Fsp3) is 0. The predicted molar refractivity (Wildman–Crippen MR) is 74.5 cm³/mol. The van der Waals surface area contributed by atoms with Gasteiger partial charge >= 0.3 is 0 Å².